The molecule has 0 heterocycles. The van der Waals surface area contributed by atoms with Gasteiger partial charge in [-0.05, 0) is 43.4 Å². The van der Waals surface area contributed by atoms with E-state index >= 15 is 0 Å². The molecule has 1 N–H and O–H groups in total. The number of aryl methyl sites for hydroxylation is 1. The zero-order valence-corrected chi connectivity index (χ0v) is 10.5. The highest BCUT2D eigenvalue weighted by molar-refractivity contribution is 9.10. The first-order valence-electron chi connectivity index (χ1n) is 4.94. The molecule has 0 spiro atoms. The lowest BCUT2D eigenvalue weighted by Crippen LogP contribution is -2.15. The molecule has 1 nitrogen and oxygen atoms in total. The molecule has 2 unspecified atom stereocenters. The maximum atomic E-state index is 9.39. The van der Waals surface area contributed by atoms with Gasteiger partial charge in [0.25, 0.3) is 0 Å². The van der Waals surface area contributed by atoms with Crippen LogP contribution in [0.2, 0.25) is 0 Å². The third-order valence-electron chi connectivity index (χ3n) is 2.62. The van der Waals surface area contributed by atoms with Crippen molar-refractivity contribution in [2.75, 3.05) is 0 Å². The summed E-state index contributed by atoms with van der Waals surface area (Å²) in [6.07, 6.45) is 0.686. The van der Waals surface area contributed by atoms with Crippen LogP contribution in [0.4, 0.5) is 0 Å². The van der Waals surface area contributed by atoms with Crippen molar-refractivity contribution in [2.45, 2.75) is 33.3 Å². The molecular weight excluding hydrogens is 240 g/mol. The molecule has 0 aliphatic carbocycles. The van der Waals surface area contributed by atoms with E-state index in [1.165, 1.54) is 11.1 Å². The zero-order chi connectivity index (χ0) is 10.7. The Hall–Kier alpha value is -0.340. The first kappa shape index (κ1) is 11.7. The van der Waals surface area contributed by atoms with Crippen LogP contribution in [0.15, 0.2) is 22.7 Å². The van der Waals surface area contributed by atoms with Gasteiger partial charge in [-0.2, -0.15) is 0 Å². The van der Waals surface area contributed by atoms with Gasteiger partial charge in [-0.15, -0.1) is 0 Å². The lowest BCUT2D eigenvalue weighted by molar-refractivity contribution is 0.135. The largest absolute Gasteiger partial charge is 0.393 e. The van der Waals surface area contributed by atoms with Crippen molar-refractivity contribution in [1.29, 1.82) is 0 Å². The molecule has 0 radical (unpaired) electrons. The standard InChI is InChI=1S/C12H17BrO/c1-8-4-5-11(7-12(8)13)6-9(2)10(3)14/h4-5,7,9-10,14H,6H2,1-3H3. The Morgan fingerprint density at radius 2 is 2.00 bits per heavy atom. The summed E-state index contributed by atoms with van der Waals surface area (Å²) in [5.41, 5.74) is 2.52. The molecule has 78 valence electrons. The Kier molecular flexibility index (Phi) is 4.14. The van der Waals surface area contributed by atoms with Crippen LogP contribution in [-0.2, 0) is 6.42 Å². The van der Waals surface area contributed by atoms with E-state index in [-0.39, 0.29) is 6.10 Å². The minimum absolute atomic E-state index is 0.241. The highest BCUT2D eigenvalue weighted by Crippen LogP contribution is 2.20. The molecule has 14 heavy (non-hydrogen) atoms. The van der Waals surface area contributed by atoms with Crippen molar-refractivity contribution >= 4 is 15.9 Å². The molecule has 1 aromatic rings. The summed E-state index contributed by atoms with van der Waals surface area (Å²) < 4.78 is 1.15. The smallest absolute Gasteiger partial charge is 0.0540 e. The van der Waals surface area contributed by atoms with E-state index < -0.39 is 0 Å². The van der Waals surface area contributed by atoms with Crippen LogP contribution in [0.5, 0.6) is 0 Å². The third kappa shape index (κ3) is 3.10. The maximum Gasteiger partial charge on any atom is 0.0540 e. The second kappa shape index (κ2) is 4.94. The van der Waals surface area contributed by atoms with E-state index in [4.69, 9.17) is 0 Å². The van der Waals surface area contributed by atoms with Gasteiger partial charge in [0.1, 0.15) is 0 Å². The van der Waals surface area contributed by atoms with E-state index in [2.05, 4.69) is 48.0 Å². The van der Waals surface area contributed by atoms with E-state index in [0.29, 0.717) is 5.92 Å². The van der Waals surface area contributed by atoms with Crippen molar-refractivity contribution in [3.05, 3.63) is 33.8 Å². The van der Waals surface area contributed by atoms with E-state index in [9.17, 15) is 5.11 Å². The van der Waals surface area contributed by atoms with Gasteiger partial charge in [-0.1, -0.05) is 35.0 Å². The summed E-state index contributed by atoms with van der Waals surface area (Å²) >= 11 is 3.51. The molecule has 0 aliphatic heterocycles. The van der Waals surface area contributed by atoms with E-state index in [1.807, 2.05) is 6.92 Å². The molecular formula is C12H17BrO. The summed E-state index contributed by atoms with van der Waals surface area (Å²) in [6, 6.07) is 6.36. The molecule has 0 amide bonds. The molecule has 0 fully saturated rings. The molecule has 0 bridgehead atoms. The minimum Gasteiger partial charge on any atom is -0.393 e. The van der Waals surface area contributed by atoms with Crippen LogP contribution < -0.4 is 0 Å². The fourth-order valence-corrected chi connectivity index (χ4v) is 1.73. The molecule has 0 aliphatic rings. The fraction of sp³-hybridized carbons (Fsp3) is 0.500. The summed E-state index contributed by atoms with van der Waals surface area (Å²) in [4.78, 5) is 0. The van der Waals surface area contributed by atoms with E-state index in [0.717, 1.165) is 10.9 Å². The van der Waals surface area contributed by atoms with Gasteiger partial charge in [0.15, 0.2) is 0 Å². The van der Waals surface area contributed by atoms with Gasteiger partial charge in [0, 0.05) is 4.47 Å². The van der Waals surface area contributed by atoms with Crippen LogP contribution in [0, 0.1) is 12.8 Å². The number of hydrogen-bond donors (Lipinski definition) is 1. The quantitative estimate of drug-likeness (QED) is 0.880. The average molecular weight is 257 g/mol. The Morgan fingerprint density at radius 3 is 2.50 bits per heavy atom. The molecule has 2 atom stereocenters. The van der Waals surface area contributed by atoms with Gasteiger partial charge in [-0.3, -0.25) is 0 Å². The SMILES string of the molecule is Cc1ccc(CC(C)C(C)O)cc1Br. The number of halogens is 1. The highest BCUT2D eigenvalue weighted by Gasteiger charge is 2.09. The summed E-state index contributed by atoms with van der Waals surface area (Å²) in [5.74, 6) is 0.310. The average Bonchev–Trinajstić information content (AvgIpc) is 2.11. The molecule has 0 saturated carbocycles. The van der Waals surface area contributed by atoms with Crippen LogP contribution in [0.1, 0.15) is 25.0 Å². The number of aliphatic hydroxyl groups is 1. The Balaban J connectivity index is 2.73. The molecule has 1 rings (SSSR count). The second-order valence-electron chi connectivity index (χ2n) is 4.01. The first-order valence-corrected chi connectivity index (χ1v) is 5.73. The Morgan fingerprint density at radius 1 is 1.36 bits per heavy atom. The molecule has 1 aromatic carbocycles. The second-order valence-corrected chi connectivity index (χ2v) is 4.86. The predicted molar refractivity (Wildman–Crippen MR) is 63.4 cm³/mol. The van der Waals surface area contributed by atoms with Gasteiger partial charge in [-0.25, -0.2) is 0 Å². The lowest BCUT2D eigenvalue weighted by Gasteiger charge is -2.14. The van der Waals surface area contributed by atoms with Crippen molar-refractivity contribution < 1.29 is 5.11 Å². The molecule has 0 aromatic heterocycles. The number of aliphatic hydroxyl groups excluding tert-OH is 1. The van der Waals surface area contributed by atoms with Crippen molar-refractivity contribution in [3.63, 3.8) is 0 Å². The Labute approximate surface area is 94.3 Å². The summed E-state index contributed by atoms with van der Waals surface area (Å²) in [6.45, 7) is 5.98. The first-order chi connectivity index (χ1) is 6.50. The Bertz CT molecular complexity index is 307. The topological polar surface area (TPSA) is 20.2 Å². The normalized spacial score (nSPS) is 15.2. The minimum atomic E-state index is -0.241. The van der Waals surface area contributed by atoms with Crippen LogP contribution in [0.25, 0.3) is 0 Å². The summed E-state index contributed by atoms with van der Waals surface area (Å²) in [5, 5.41) is 9.39. The van der Waals surface area contributed by atoms with Gasteiger partial charge >= 0.3 is 0 Å². The molecule has 0 saturated heterocycles. The van der Waals surface area contributed by atoms with Crippen LogP contribution >= 0.6 is 15.9 Å². The number of benzene rings is 1. The summed E-state index contributed by atoms with van der Waals surface area (Å²) in [7, 11) is 0. The highest BCUT2D eigenvalue weighted by atomic mass is 79.9. The van der Waals surface area contributed by atoms with Crippen LogP contribution in [0.3, 0.4) is 0 Å². The lowest BCUT2D eigenvalue weighted by atomic mass is 9.96. The van der Waals surface area contributed by atoms with Gasteiger partial charge in [0.2, 0.25) is 0 Å². The fourth-order valence-electron chi connectivity index (χ4n) is 1.31. The maximum absolute atomic E-state index is 9.39. The predicted octanol–water partition coefficient (Wildman–Crippen LogP) is 3.32. The third-order valence-corrected chi connectivity index (χ3v) is 3.47. The zero-order valence-electron chi connectivity index (χ0n) is 8.92. The van der Waals surface area contributed by atoms with Gasteiger partial charge < -0.3 is 5.11 Å². The monoisotopic (exact) mass is 256 g/mol. The van der Waals surface area contributed by atoms with E-state index in [1.54, 1.807) is 0 Å². The molecule has 2 heteroatoms. The van der Waals surface area contributed by atoms with Crippen LogP contribution in [-0.4, -0.2) is 11.2 Å². The number of rotatable bonds is 3. The van der Waals surface area contributed by atoms with Gasteiger partial charge in [0.05, 0.1) is 6.10 Å². The van der Waals surface area contributed by atoms with Crippen molar-refractivity contribution in [1.82, 2.24) is 0 Å². The number of hydrogen-bond acceptors (Lipinski definition) is 1. The van der Waals surface area contributed by atoms with Crippen molar-refractivity contribution in [3.8, 4) is 0 Å². The van der Waals surface area contributed by atoms with Crippen molar-refractivity contribution in [2.24, 2.45) is 5.92 Å².